The molecule has 34 heavy (non-hydrogen) atoms. The van der Waals surface area contributed by atoms with Gasteiger partial charge in [0, 0.05) is 32.7 Å². The second-order valence-electron chi connectivity index (χ2n) is 6.86. The van der Waals surface area contributed by atoms with E-state index in [0.29, 0.717) is 26.2 Å². The SMILES string of the molecule is O=C(CN(Cc1c(Cl)cccc1Cl)S(=O)(=O)c1ccc(Cl)cc1)N/N=C\c1c(Cl)cccc1Cl. The molecule has 3 aromatic rings. The third-order valence-corrected chi connectivity index (χ3v) is 7.98. The Morgan fingerprint density at radius 3 is 1.94 bits per heavy atom. The highest BCUT2D eigenvalue weighted by molar-refractivity contribution is 7.89. The summed E-state index contributed by atoms with van der Waals surface area (Å²) in [4.78, 5) is 12.6. The summed E-state index contributed by atoms with van der Waals surface area (Å²) >= 11 is 30.5. The molecule has 0 saturated carbocycles. The van der Waals surface area contributed by atoms with Crippen molar-refractivity contribution in [2.45, 2.75) is 11.4 Å². The number of benzene rings is 3. The molecule has 0 heterocycles. The van der Waals surface area contributed by atoms with E-state index < -0.39 is 22.5 Å². The first-order chi connectivity index (χ1) is 16.1. The lowest BCUT2D eigenvalue weighted by Gasteiger charge is -2.22. The Labute approximate surface area is 222 Å². The topological polar surface area (TPSA) is 78.8 Å². The molecule has 0 aliphatic rings. The van der Waals surface area contributed by atoms with E-state index in [-0.39, 0.29) is 21.5 Å². The van der Waals surface area contributed by atoms with Crippen molar-refractivity contribution in [3.63, 3.8) is 0 Å². The first-order valence-corrected chi connectivity index (χ1v) is 12.9. The third kappa shape index (κ3) is 6.64. The van der Waals surface area contributed by atoms with Crippen LogP contribution in [0.2, 0.25) is 25.1 Å². The number of carbonyl (C=O) groups excluding carboxylic acids is 1. The van der Waals surface area contributed by atoms with Crippen LogP contribution >= 0.6 is 58.0 Å². The van der Waals surface area contributed by atoms with Crippen molar-refractivity contribution in [2.75, 3.05) is 6.54 Å². The molecular formula is C22H16Cl5N3O3S. The monoisotopic (exact) mass is 577 g/mol. The number of halogens is 5. The van der Waals surface area contributed by atoms with Gasteiger partial charge in [-0.1, -0.05) is 70.1 Å². The van der Waals surface area contributed by atoms with Crippen molar-refractivity contribution in [3.05, 3.63) is 96.9 Å². The average molecular weight is 580 g/mol. The number of nitrogens with one attached hydrogen (secondary N) is 1. The standard InChI is InChI=1S/C22H16Cl5N3O3S/c23-14-7-9-15(10-8-14)34(32,33)30(12-17-20(26)5-2-6-21(17)27)13-22(31)29-28-11-16-18(24)3-1-4-19(16)25/h1-11H,12-13H2,(H,29,31)/b28-11-. The summed E-state index contributed by atoms with van der Waals surface area (Å²) in [6, 6.07) is 15.2. The number of rotatable bonds is 8. The number of amides is 1. The highest BCUT2D eigenvalue weighted by Gasteiger charge is 2.28. The first-order valence-electron chi connectivity index (χ1n) is 9.54. The lowest BCUT2D eigenvalue weighted by atomic mass is 10.2. The summed E-state index contributed by atoms with van der Waals surface area (Å²) in [6.45, 7) is -0.822. The molecule has 178 valence electrons. The molecule has 1 N–H and O–H groups in total. The third-order valence-electron chi connectivity index (χ3n) is 4.55. The molecule has 6 nitrogen and oxygen atoms in total. The lowest BCUT2D eigenvalue weighted by molar-refractivity contribution is -0.121. The number of hydrogen-bond donors (Lipinski definition) is 1. The van der Waals surface area contributed by atoms with Gasteiger partial charge in [0.25, 0.3) is 5.91 Å². The smallest absolute Gasteiger partial charge is 0.255 e. The molecule has 1 amide bonds. The molecule has 0 aromatic heterocycles. The van der Waals surface area contributed by atoms with Gasteiger partial charge in [0.15, 0.2) is 0 Å². The molecular weight excluding hydrogens is 564 g/mol. The zero-order chi connectivity index (χ0) is 24.9. The van der Waals surface area contributed by atoms with Gasteiger partial charge in [-0.25, -0.2) is 13.8 Å². The Bertz CT molecular complexity index is 1290. The van der Waals surface area contributed by atoms with E-state index in [1.54, 1.807) is 36.4 Å². The van der Waals surface area contributed by atoms with Gasteiger partial charge >= 0.3 is 0 Å². The molecule has 0 unspecified atom stereocenters. The summed E-state index contributed by atoms with van der Waals surface area (Å²) in [5.41, 5.74) is 3.04. The van der Waals surface area contributed by atoms with Crippen LogP contribution < -0.4 is 5.43 Å². The van der Waals surface area contributed by atoms with Gasteiger partial charge in [0.1, 0.15) is 0 Å². The molecule has 0 radical (unpaired) electrons. The molecule has 0 fully saturated rings. The number of hydrazone groups is 1. The summed E-state index contributed by atoms with van der Waals surface area (Å²) < 4.78 is 27.6. The molecule has 3 rings (SSSR count). The van der Waals surface area contributed by atoms with Crippen LogP contribution in [-0.2, 0) is 21.4 Å². The van der Waals surface area contributed by atoms with Gasteiger partial charge in [0.05, 0.1) is 27.7 Å². The van der Waals surface area contributed by atoms with Crippen molar-refractivity contribution < 1.29 is 13.2 Å². The molecule has 0 aliphatic carbocycles. The van der Waals surface area contributed by atoms with E-state index in [1.165, 1.54) is 30.5 Å². The second-order valence-corrected chi connectivity index (χ2v) is 10.9. The predicted molar refractivity (Wildman–Crippen MR) is 138 cm³/mol. The van der Waals surface area contributed by atoms with Gasteiger partial charge < -0.3 is 0 Å². The van der Waals surface area contributed by atoms with Crippen molar-refractivity contribution >= 4 is 80.1 Å². The van der Waals surface area contributed by atoms with E-state index in [1.807, 2.05) is 0 Å². The fourth-order valence-corrected chi connectivity index (χ4v) is 5.34. The fourth-order valence-electron chi connectivity index (χ4n) is 2.84. The predicted octanol–water partition coefficient (Wildman–Crippen LogP) is 6.29. The van der Waals surface area contributed by atoms with Crippen molar-refractivity contribution in [3.8, 4) is 0 Å². The Kier molecular flexibility index (Phi) is 9.23. The summed E-state index contributed by atoms with van der Waals surface area (Å²) in [5.74, 6) is -0.708. The van der Waals surface area contributed by atoms with Gasteiger partial charge in [0.2, 0.25) is 10.0 Å². The van der Waals surface area contributed by atoms with E-state index in [0.717, 1.165) is 4.31 Å². The molecule has 3 aromatic carbocycles. The first kappa shape index (κ1) is 26.8. The zero-order valence-corrected chi connectivity index (χ0v) is 21.8. The normalized spacial score (nSPS) is 11.8. The molecule has 12 heteroatoms. The van der Waals surface area contributed by atoms with E-state index in [4.69, 9.17) is 58.0 Å². The number of carbonyl (C=O) groups is 1. The highest BCUT2D eigenvalue weighted by atomic mass is 35.5. The van der Waals surface area contributed by atoms with E-state index in [9.17, 15) is 13.2 Å². The summed E-state index contributed by atoms with van der Waals surface area (Å²) in [5, 5.41) is 5.40. The van der Waals surface area contributed by atoms with Gasteiger partial charge in [-0.05, 0) is 48.5 Å². The maximum Gasteiger partial charge on any atom is 0.255 e. The van der Waals surface area contributed by atoms with Crippen molar-refractivity contribution in [1.82, 2.24) is 9.73 Å². The quantitative estimate of drug-likeness (QED) is 0.252. The number of sulfonamides is 1. The minimum Gasteiger partial charge on any atom is -0.272 e. The van der Waals surface area contributed by atoms with Crippen LogP contribution in [0.15, 0.2) is 70.7 Å². The van der Waals surface area contributed by atoms with E-state index in [2.05, 4.69) is 10.5 Å². The largest absolute Gasteiger partial charge is 0.272 e. The van der Waals surface area contributed by atoms with Crippen LogP contribution in [-0.4, -0.2) is 31.4 Å². The van der Waals surface area contributed by atoms with Crippen molar-refractivity contribution in [2.24, 2.45) is 5.10 Å². The Morgan fingerprint density at radius 1 is 0.853 bits per heavy atom. The van der Waals surface area contributed by atoms with Gasteiger partial charge in [-0.15, -0.1) is 0 Å². The van der Waals surface area contributed by atoms with Crippen LogP contribution in [0.3, 0.4) is 0 Å². The minimum absolute atomic E-state index is 0.0563. The molecule has 0 aliphatic heterocycles. The lowest BCUT2D eigenvalue weighted by Crippen LogP contribution is -2.39. The molecule has 0 saturated heterocycles. The van der Waals surface area contributed by atoms with Crippen LogP contribution in [0.5, 0.6) is 0 Å². The molecule has 0 spiro atoms. The Hall–Kier alpha value is -1.84. The van der Waals surface area contributed by atoms with Crippen LogP contribution in [0.1, 0.15) is 11.1 Å². The maximum atomic E-state index is 13.3. The zero-order valence-electron chi connectivity index (χ0n) is 17.2. The van der Waals surface area contributed by atoms with E-state index >= 15 is 0 Å². The van der Waals surface area contributed by atoms with Crippen molar-refractivity contribution in [1.29, 1.82) is 0 Å². The summed E-state index contributed by atoms with van der Waals surface area (Å²) in [7, 11) is -4.13. The van der Waals surface area contributed by atoms with Gasteiger partial charge in [-0.2, -0.15) is 9.41 Å². The van der Waals surface area contributed by atoms with Crippen LogP contribution in [0.4, 0.5) is 0 Å². The minimum atomic E-state index is -4.13. The van der Waals surface area contributed by atoms with Crippen LogP contribution in [0, 0.1) is 0 Å². The highest BCUT2D eigenvalue weighted by Crippen LogP contribution is 2.28. The maximum absolute atomic E-state index is 13.3. The Balaban J connectivity index is 1.86. The number of nitrogens with zero attached hydrogens (tertiary/aromatic N) is 2. The molecule has 0 bridgehead atoms. The number of hydrogen-bond acceptors (Lipinski definition) is 4. The molecule has 0 atom stereocenters. The summed E-state index contributed by atoms with van der Waals surface area (Å²) in [6.07, 6.45) is 1.27. The van der Waals surface area contributed by atoms with Crippen LogP contribution in [0.25, 0.3) is 0 Å². The Morgan fingerprint density at radius 2 is 1.38 bits per heavy atom. The average Bonchev–Trinajstić information content (AvgIpc) is 2.78. The fraction of sp³-hybridized carbons (Fsp3) is 0.0909. The second kappa shape index (κ2) is 11.7. The van der Waals surface area contributed by atoms with Gasteiger partial charge in [-0.3, -0.25) is 4.79 Å².